The van der Waals surface area contributed by atoms with Crippen molar-refractivity contribution in [3.63, 3.8) is 0 Å². The first-order chi connectivity index (χ1) is 12.6. The van der Waals surface area contributed by atoms with Gasteiger partial charge < -0.3 is 13.6 Å². The summed E-state index contributed by atoms with van der Waals surface area (Å²) in [6, 6.07) is 0. The van der Waals surface area contributed by atoms with Crippen molar-refractivity contribution in [1.82, 2.24) is 0 Å². The van der Waals surface area contributed by atoms with Crippen molar-refractivity contribution in [2.45, 2.75) is 113 Å². The zero-order valence-electron chi connectivity index (χ0n) is 18.1. The third-order valence-electron chi connectivity index (χ3n) is 10.2. The molecule has 0 aromatic rings. The van der Waals surface area contributed by atoms with Crippen LogP contribution in [0, 0.1) is 23.7 Å². The summed E-state index contributed by atoms with van der Waals surface area (Å²) in [5.41, 5.74) is 2.16. The van der Waals surface area contributed by atoms with Gasteiger partial charge in [-0.3, -0.25) is 0 Å². The summed E-state index contributed by atoms with van der Waals surface area (Å²) in [5, 5.41) is 0. The molecule has 4 saturated carbocycles. The number of hydrogen-bond acceptors (Lipinski definition) is 3. The Kier molecular flexibility index (Phi) is 3.44. The summed E-state index contributed by atoms with van der Waals surface area (Å²) in [6.45, 7) is 14.8. The lowest BCUT2D eigenvalue weighted by molar-refractivity contribution is 0.202. The predicted molar refractivity (Wildman–Crippen MR) is 112 cm³/mol. The minimum Gasteiger partial charge on any atom is -0.455 e. The van der Waals surface area contributed by atoms with Crippen LogP contribution in [0.4, 0.5) is 0 Å². The Labute approximate surface area is 167 Å². The molecule has 0 aromatic heterocycles. The maximum atomic E-state index is 7.38. The van der Waals surface area contributed by atoms with E-state index >= 15 is 0 Å². The highest BCUT2D eigenvalue weighted by molar-refractivity contribution is 6.86. The molecule has 4 bridgehead atoms. The van der Waals surface area contributed by atoms with Gasteiger partial charge in [0.1, 0.15) is 0 Å². The molecular weight excluding hydrogens is 368 g/mol. The second-order valence-electron chi connectivity index (χ2n) is 12.2. The maximum absolute atomic E-state index is 7.38. The van der Waals surface area contributed by atoms with E-state index in [0.29, 0.717) is 12.2 Å². The fourth-order valence-electron chi connectivity index (χ4n) is 9.07. The van der Waals surface area contributed by atoms with Gasteiger partial charge in [-0.25, -0.2) is 0 Å². The van der Waals surface area contributed by atoms with E-state index < -0.39 is 16.6 Å². The molecule has 10 unspecified atom stereocenters. The average molecular weight is 407 g/mol. The fraction of sp³-hybridized carbons (Fsp3) is 1.00. The van der Waals surface area contributed by atoms with E-state index in [1.165, 1.54) is 38.5 Å². The van der Waals surface area contributed by atoms with Gasteiger partial charge in [0.15, 0.2) is 16.6 Å². The van der Waals surface area contributed by atoms with Crippen molar-refractivity contribution in [3.8, 4) is 0 Å². The normalized spacial score (nSPS) is 58.0. The summed E-state index contributed by atoms with van der Waals surface area (Å²) in [6.07, 6.45) is 9.36. The minimum absolute atomic E-state index is 0.265. The standard InChI is InChI=1S/C22H38O3Si2/c1-13-21(23-13)11-15-7-17(21)19(9-15)26(3,4)25-27(5,6)20-10-16-8-18(20)22(12-16)14(2)24-22/h13-20H,7-12H2,1-6H3. The Morgan fingerprint density at radius 2 is 1.07 bits per heavy atom. The van der Waals surface area contributed by atoms with Crippen molar-refractivity contribution >= 4 is 16.6 Å². The van der Waals surface area contributed by atoms with Crippen LogP contribution in [-0.2, 0) is 13.6 Å². The Hall–Kier alpha value is 0.314. The van der Waals surface area contributed by atoms with Gasteiger partial charge in [-0.05, 0) is 113 Å². The molecule has 10 atom stereocenters. The second kappa shape index (κ2) is 5.13. The van der Waals surface area contributed by atoms with Crippen LogP contribution in [0.1, 0.15) is 52.4 Å². The molecule has 2 aliphatic heterocycles. The fourth-order valence-corrected chi connectivity index (χ4v) is 20.3. The highest BCUT2D eigenvalue weighted by Gasteiger charge is 2.72. The monoisotopic (exact) mass is 406 g/mol. The van der Waals surface area contributed by atoms with Gasteiger partial charge in [0.25, 0.3) is 0 Å². The molecule has 27 heavy (non-hydrogen) atoms. The molecule has 6 fully saturated rings. The Morgan fingerprint density at radius 3 is 1.37 bits per heavy atom. The molecule has 0 N–H and O–H groups in total. The molecule has 6 aliphatic rings. The van der Waals surface area contributed by atoms with Crippen molar-refractivity contribution in [2.24, 2.45) is 23.7 Å². The van der Waals surface area contributed by atoms with Crippen molar-refractivity contribution in [2.75, 3.05) is 0 Å². The quantitative estimate of drug-likeness (QED) is 0.467. The van der Waals surface area contributed by atoms with E-state index in [9.17, 15) is 0 Å². The van der Waals surface area contributed by atoms with E-state index in [2.05, 4.69) is 40.0 Å². The van der Waals surface area contributed by atoms with Crippen molar-refractivity contribution in [1.29, 1.82) is 0 Å². The SMILES string of the molecule is CC1OC12CC1CC2C([Si](C)(C)O[Si](C)(C)C2CC3CC2C2(C3)OC2C)C1. The third kappa shape index (κ3) is 2.30. The zero-order valence-corrected chi connectivity index (χ0v) is 20.1. The minimum atomic E-state index is -1.73. The summed E-state index contributed by atoms with van der Waals surface area (Å²) in [5.74, 6) is 3.41. The zero-order chi connectivity index (χ0) is 19.0. The number of rotatable bonds is 4. The van der Waals surface area contributed by atoms with E-state index in [-0.39, 0.29) is 11.2 Å². The lowest BCUT2D eigenvalue weighted by atomic mass is 9.86. The highest BCUT2D eigenvalue weighted by Crippen LogP contribution is 2.70. The predicted octanol–water partition coefficient (Wildman–Crippen LogP) is 5.33. The van der Waals surface area contributed by atoms with Gasteiger partial charge in [0.05, 0.1) is 23.4 Å². The van der Waals surface area contributed by atoms with Crippen LogP contribution in [0.15, 0.2) is 0 Å². The van der Waals surface area contributed by atoms with Crippen molar-refractivity contribution in [3.05, 3.63) is 0 Å². The topological polar surface area (TPSA) is 34.3 Å². The number of fused-ring (bicyclic) bond motifs is 6. The molecule has 6 rings (SSSR count). The summed E-state index contributed by atoms with van der Waals surface area (Å²) in [7, 11) is -3.47. The van der Waals surface area contributed by atoms with Gasteiger partial charge in [-0.15, -0.1) is 0 Å². The molecule has 152 valence electrons. The van der Waals surface area contributed by atoms with E-state index in [0.717, 1.165) is 34.8 Å². The number of ether oxygens (including phenoxy) is 2. The summed E-state index contributed by atoms with van der Waals surface area (Å²) < 4.78 is 19.8. The lowest BCUT2D eigenvalue weighted by Gasteiger charge is -2.46. The van der Waals surface area contributed by atoms with Crippen LogP contribution in [0.25, 0.3) is 0 Å². The largest absolute Gasteiger partial charge is 0.455 e. The molecule has 0 radical (unpaired) electrons. The van der Waals surface area contributed by atoms with Crippen molar-refractivity contribution < 1.29 is 13.6 Å². The first-order valence-corrected chi connectivity index (χ1v) is 17.6. The van der Waals surface area contributed by atoms with Gasteiger partial charge in [-0.1, -0.05) is 0 Å². The molecule has 4 aliphatic carbocycles. The number of hydrogen-bond donors (Lipinski definition) is 0. The number of epoxide rings is 2. The van der Waals surface area contributed by atoms with Gasteiger partial charge in [0.2, 0.25) is 0 Å². The van der Waals surface area contributed by atoms with E-state index in [4.69, 9.17) is 13.6 Å². The molecule has 3 nitrogen and oxygen atoms in total. The van der Waals surface area contributed by atoms with Crippen LogP contribution in [0.5, 0.6) is 0 Å². The first kappa shape index (κ1) is 18.1. The van der Waals surface area contributed by atoms with Crippen LogP contribution >= 0.6 is 0 Å². The third-order valence-corrected chi connectivity index (χ3v) is 19.2. The Bertz CT molecular complexity index is 624. The lowest BCUT2D eigenvalue weighted by Crippen LogP contribution is -2.54. The van der Waals surface area contributed by atoms with Crippen LogP contribution < -0.4 is 0 Å². The van der Waals surface area contributed by atoms with Gasteiger partial charge >= 0.3 is 0 Å². The molecule has 2 saturated heterocycles. The molecular formula is C22H38O3Si2. The first-order valence-electron chi connectivity index (χ1n) is 11.6. The summed E-state index contributed by atoms with van der Waals surface area (Å²) in [4.78, 5) is 0. The molecule has 5 heteroatoms. The van der Waals surface area contributed by atoms with E-state index in [1.54, 1.807) is 0 Å². The van der Waals surface area contributed by atoms with Gasteiger partial charge in [0, 0.05) is 0 Å². The van der Waals surface area contributed by atoms with Crippen LogP contribution in [0.3, 0.4) is 0 Å². The molecule has 2 spiro atoms. The van der Waals surface area contributed by atoms with Crippen LogP contribution in [0.2, 0.25) is 37.3 Å². The summed E-state index contributed by atoms with van der Waals surface area (Å²) >= 11 is 0. The second-order valence-corrected chi connectivity index (χ2v) is 21.0. The van der Waals surface area contributed by atoms with Crippen LogP contribution in [-0.4, -0.2) is 40.0 Å². The smallest absolute Gasteiger partial charge is 0.176 e. The Morgan fingerprint density at radius 1 is 0.704 bits per heavy atom. The molecule has 0 aromatic carbocycles. The maximum Gasteiger partial charge on any atom is 0.176 e. The highest BCUT2D eigenvalue weighted by atomic mass is 28.4. The van der Waals surface area contributed by atoms with E-state index in [1.807, 2.05) is 0 Å². The van der Waals surface area contributed by atoms with Gasteiger partial charge in [-0.2, -0.15) is 0 Å². The molecule has 0 amide bonds. The average Bonchev–Trinajstić information content (AvgIpc) is 3.12. The molecule has 2 heterocycles. The Balaban J connectivity index is 1.21.